The number of hydrogen-bond donors (Lipinski definition) is 8. The molecule has 0 bridgehead atoms. The molecule has 93 heavy (non-hydrogen) atoms. The largest absolute Gasteiger partial charge is 0.479 e. The number of nitrogens with two attached hydrogens (primary N) is 2. The smallest absolute Gasteiger partial charge is 0.392 e. The molecule has 0 unspecified atom stereocenters. The predicted octanol–water partition coefficient (Wildman–Crippen LogP) is 9.01. The number of ether oxygens (including phenoxy) is 8. The van der Waals surface area contributed by atoms with Gasteiger partial charge in [-0.2, -0.15) is 51.0 Å². The minimum Gasteiger partial charge on any atom is -0.479 e. The number of methoxy groups -OCH3 is 8. The van der Waals surface area contributed by atoms with Gasteiger partial charge in [-0.25, -0.2) is 0 Å². The van der Waals surface area contributed by atoms with Gasteiger partial charge in [0.2, 0.25) is 34.9 Å². The zero-order chi connectivity index (χ0) is 72.2. The van der Waals surface area contributed by atoms with Crippen LogP contribution in [0.1, 0.15) is 76.7 Å². The fourth-order valence-electron chi connectivity index (χ4n) is 5.06. The zero-order valence-electron chi connectivity index (χ0n) is 57.6. The van der Waals surface area contributed by atoms with Gasteiger partial charge in [-0.05, 0) is 59.8 Å². The minimum absolute atomic E-state index is 0. The Hall–Kier alpha value is -6.89. The third kappa shape index (κ3) is 33.2. The van der Waals surface area contributed by atoms with E-state index >= 15 is 0 Å². The number of nitrogens with one attached hydrogen (secondary N) is 3. The molecule has 0 spiro atoms. The number of hydrogen-bond acceptors (Lipinski definition) is 32. The van der Waals surface area contributed by atoms with Crippen molar-refractivity contribution in [2.45, 2.75) is 131 Å². The summed E-state index contributed by atoms with van der Waals surface area (Å²) in [5, 5.41) is 65.6. The first-order chi connectivity index (χ1) is 42.5. The summed E-state index contributed by atoms with van der Waals surface area (Å²) in [5.41, 5.74) is 9.59. The van der Waals surface area contributed by atoms with Gasteiger partial charge >= 0.3 is 52.3 Å². The minimum atomic E-state index is -1.82. The van der Waals surface area contributed by atoms with Crippen LogP contribution in [-0.4, -0.2) is 210 Å². The van der Waals surface area contributed by atoms with Crippen LogP contribution >= 0.6 is 22.7 Å². The molecule has 40 heteroatoms. The van der Waals surface area contributed by atoms with Gasteiger partial charge in [0.25, 0.3) is 0 Å². The number of rotatable bonds is 25. The molecule has 10 N–H and O–H groups in total. The molecule has 4 aromatic heterocycles. The Balaban J connectivity index is -0.000000533. The van der Waals surface area contributed by atoms with Crippen molar-refractivity contribution in [2.24, 2.45) is 5.73 Å². The van der Waals surface area contributed by atoms with Crippen LogP contribution in [0.3, 0.4) is 0 Å². The van der Waals surface area contributed by atoms with E-state index < -0.39 is 55.9 Å². The van der Waals surface area contributed by atoms with E-state index in [2.05, 4.69) is 167 Å². The number of halogens is 2. The Morgan fingerprint density at radius 2 is 0.688 bits per heavy atom. The lowest BCUT2D eigenvalue weighted by Gasteiger charge is -2.36. The first-order valence-corrected chi connectivity index (χ1v) is 38.2. The number of aliphatic hydroxyl groups excluding tert-OH is 3. The summed E-state index contributed by atoms with van der Waals surface area (Å²) in [6.45, 7) is 37.5. The Labute approximate surface area is 558 Å². The van der Waals surface area contributed by atoms with Crippen LogP contribution in [0.5, 0.6) is 47.0 Å². The molecule has 0 fully saturated rings. The molecule has 0 aliphatic heterocycles. The van der Waals surface area contributed by atoms with Gasteiger partial charge in [0, 0.05) is 32.8 Å². The summed E-state index contributed by atoms with van der Waals surface area (Å²) < 4.78 is 51.2. The van der Waals surface area contributed by atoms with Crippen molar-refractivity contribution in [3.63, 3.8) is 0 Å². The average molecular weight is 1420 g/mol. The SMILES string of the molecule is C.CC(C)(C)[Si](C)(C)Cl.CCO.COc1nc(Cl)nc(OC)c1[N+](=O)[O-].COc1nc(NCCO)nc(OC)c1[N+](=O)[O-].COc1nc(NCCO[Si](C)(C)C(C)(C)C)nc(OC)c1N.COc1nc(NCCO[Si](C)(C)C(C)(C)C)nc(OC)c1[N+](=O)[O-].NCCO. The third-order valence-corrected chi connectivity index (χ3v) is 27.5. The van der Waals surface area contributed by atoms with E-state index in [1.54, 1.807) is 6.92 Å². The molecule has 536 valence electrons. The van der Waals surface area contributed by atoms with Gasteiger partial charge in [0.15, 0.2) is 29.7 Å². The van der Waals surface area contributed by atoms with Crippen molar-refractivity contribution in [1.29, 1.82) is 0 Å². The summed E-state index contributed by atoms with van der Waals surface area (Å²) >= 11 is 11.6. The highest BCUT2D eigenvalue weighted by atomic mass is 35.6. The topological polar surface area (TPSA) is 474 Å². The van der Waals surface area contributed by atoms with E-state index in [4.69, 9.17) is 86.7 Å². The fraction of sp³-hybridized carbons (Fsp3) is 0.698. The molecule has 0 amide bonds. The number of anilines is 4. The molecule has 35 nitrogen and oxygen atoms in total. The van der Waals surface area contributed by atoms with E-state index in [-0.39, 0.29) is 102 Å². The molecule has 4 heterocycles. The van der Waals surface area contributed by atoms with E-state index in [1.807, 2.05) is 0 Å². The predicted molar refractivity (Wildman–Crippen MR) is 367 cm³/mol. The lowest BCUT2D eigenvalue weighted by Crippen LogP contribution is -2.41. The molecular formula is C53H104Cl2N16O19Si3. The zero-order valence-corrected chi connectivity index (χ0v) is 62.1. The Morgan fingerprint density at radius 3 is 0.871 bits per heavy atom. The van der Waals surface area contributed by atoms with Crippen molar-refractivity contribution in [3.8, 4) is 47.0 Å². The molecule has 4 aromatic rings. The van der Waals surface area contributed by atoms with Gasteiger partial charge in [-0.3, -0.25) is 30.3 Å². The molecule has 0 radical (unpaired) electrons. The normalized spacial score (nSPS) is 10.9. The highest BCUT2D eigenvalue weighted by Crippen LogP contribution is 2.40. The first kappa shape index (κ1) is 92.5. The standard InChI is InChI=1S/C14H26N4O5Si.C14H28N4O3Si.C8H12N4O5.C6H6ClN3O4.C6H15ClSi.C2H7NO.C2H6O.CH4/c1-14(2,3)24(6,7)23-9-8-15-13-16-11(21-4)10(18(19)20)12(17-13)22-5;1-14(2,3)22(6,7)21-9-8-16-13-17-11(19-4)10(15)12(18-13)20-5;1-16-6-5(12(14)15)7(17-2)11-8(10-6)9-3-4-13;1-13-4-3(10(11)12)5(14-2)9-6(7)8-4;1-6(2,3)8(4,5)7;3-1-2-4;1-2-3;/h8-9H2,1-7H3,(H,15,16,17);8-9,15H2,1-7H3,(H,16,17,18);13H,3-4H2,1-2H3,(H,9,10,11);1-2H3;1-5H3;4H,1-3H2;3H,2H2,1H3;1H4. The van der Waals surface area contributed by atoms with Gasteiger partial charge in [0.1, 0.15) is 0 Å². The van der Waals surface area contributed by atoms with E-state index in [0.717, 1.165) is 0 Å². The highest BCUT2D eigenvalue weighted by Gasteiger charge is 2.38. The third-order valence-electron chi connectivity index (χ3n) is 13.0. The second kappa shape index (κ2) is 44.7. The molecular weight excluding hydrogens is 1320 g/mol. The van der Waals surface area contributed by atoms with Crippen molar-refractivity contribution < 1.29 is 76.8 Å². The van der Waals surface area contributed by atoms with Crippen molar-refractivity contribution in [2.75, 3.05) is 138 Å². The maximum atomic E-state index is 11.1. The number of nitro groups is 3. The molecule has 0 saturated carbocycles. The van der Waals surface area contributed by atoms with E-state index in [0.29, 0.717) is 55.6 Å². The number of aromatic nitrogens is 8. The molecule has 0 atom stereocenters. The van der Waals surface area contributed by atoms with Gasteiger partial charge in [0.05, 0.1) is 98.1 Å². The van der Waals surface area contributed by atoms with Gasteiger partial charge in [-0.1, -0.05) is 82.8 Å². The van der Waals surface area contributed by atoms with Crippen LogP contribution < -0.4 is 65.3 Å². The molecule has 0 aliphatic rings. The maximum absolute atomic E-state index is 11.1. The van der Waals surface area contributed by atoms with Crippen molar-refractivity contribution >= 4 is 87.3 Å². The van der Waals surface area contributed by atoms with Crippen LogP contribution in [0.2, 0.25) is 59.7 Å². The van der Waals surface area contributed by atoms with Crippen LogP contribution in [0.4, 0.5) is 40.6 Å². The lowest BCUT2D eigenvalue weighted by atomic mass is 10.2. The molecule has 0 saturated heterocycles. The van der Waals surface area contributed by atoms with Crippen LogP contribution in [0.25, 0.3) is 0 Å². The van der Waals surface area contributed by atoms with Gasteiger partial charge in [-0.15, -0.1) is 0 Å². The molecule has 0 aromatic carbocycles. The summed E-state index contributed by atoms with van der Waals surface area (Å²) in [6, 6.07) is 0. The number of nitrogens with zero attached hydrogens (tertiary/aromatic N) is 11. The summed E-state index contributed by atoms with van der Waals surface area (Å²) in [4.78, 5) is 61.4. The van der Waals surface area contributed by atoms with Crippen LogP contribution in [0, 0.1) is 30.3 Å². The van der Waals surface area contributed by atoms with E-state index in [1.165, 1.54) is 56.9 Å². The van der Waals surface area contributed by atoms with Gasteiger partial charge < -0.3 is 89.5 Å². The number of nitrogen functional groups attached to an aromatic ring is 1. The molecule has 0 aliphatic carbocycles. The summed E-state index contributed by atoms with van der Waals surface area (Å²) in [6.07, 6.45) is 0. The second-order valence-electron chi connectivity index (χ2n) is 22.7. The number of aliphatic hydroxyl groups is 3. The monoisotopic (exact) mass is 1420 g/mol. The summed E-state index contributed by atoms with van der Waals surface area (Å²) in [5.74, 6) is 0.0788. The second-order valence-corrected chi connectivity index (χ2v) is 39.9. The Bertz CT molecular complexity index is 2720. The molecule has 4 rings (SSSR count). The maximum Gasteiger partial charge on any atom is 0.392 e. The van der Waals surface area contributed by atoms with E-state index in [9.17, 15) is 30.3 Å². The van der Waals surface area contributed by atoms with Crippen LogP contribution in [-0.2, 0) is 8.85 Å². The Morgan fingerprint density at radius 1 is 0.473 bits per heavy atom. The quantitative estimate of drug-likeness (QED) is 0.00765. The fourth-order valence-corrected chi connectivity index (χ4v) is 7.30. The van der Waals surface area contributed by atoms with Crippen molar-refractivity contribution in [1.82, 2.24) is 39.9 Å². The average Bonchev–Trinajstić information content (AvgIpc) is 0.889. The summed E-state index contributed by atoms with van der Waals surface area (Å²) in [7, 11) is 5.66. The van der Waals surface area contributed by atoms with Crippen molar-refractivity contribution in [3.05, 3.63) is 35.6 Å². The van der Waals surface area contributed by atoms with Crippen LogP contribution in [0.15, 0.2) is 0 Å². The lowest BCUT2D eigenvalue weighted by molar-refractivity contribution is -0.387. The Kier molecular flexibility index (Phi) is 44.4. The first-order valence-electron chi connectivity index (χ1n) is 28.0. The highest BCUT2D eigenvalue weighted by molar-refractivity contribution is 7.20.